The van der Waals surface area contributed by atoms with E-state index in [0.717, 1.165) is 25.9 Å². The maximum atomic E-state index is 5.65. The fourth-order valence-corrected chi connectivity index (χ4v) is 3.08. The summed E-state index contributed by atoms with van der Waals surface area (Å²) >= 11 is 3.64. The molecule has 1 aromatic heterocycles. The van der Waals surface area contributed by atoms with E-state index in [1.165, 1.54) is 29.0 Å². The number of halogens is 1. The third-order valence-corrected chi connectivity index (χ3v) is 4.04. The monoisotopic (exact) mass is 271 g/mol. The van der Waals surface area contributed by atoms with Crippen LogP contribution < -0.4 is 5.73 Å². The number of nitrogens with two attached hydrogens (primary N) is 1. The Balaban J connectivity index is 2.34. The van der Waals surface area contributed by atoms with Crippen LogP contribution in [-0.2, 0) is 13.0 Å². The summed E-state index contributed by atoms with van der Waals surface area (Å²) in [6, 6.07) is 0. The van der Waals surface area contributed by atoms with Gasteiger partial charge in [0, 0.05) is 12.5 Å². The SMILES string of the molecule is CCc1nc2n(c1Br)CCCC2CCN. The van der Waals surface area contributed by atoms with Gasteiger partial charge < -0.3 is 10.3 Å². The van der Waals surface area contributed by atoms with Crippen LogP contribution in [0.4, 0.5) is 0 Å². The number of nitrogens with zero attached hydrogens (tertiary/aromatic N) is 2. The number of hydrogen-bond donors (Lipinski definition) is 1. The molecule has 15 heavy (non-hydrogen) atoms. The van der Waals surface area contributed by atoms with Crippen molar-refractivity contribution >= 4 is 15.9 Å². The molecular formula is C11H18BrN3. The summed E-state index contributed by atoms with van der Waals surface area (Å²) in [5, 5.41) is 0. The van der Waals surface area contributed by atoms with Crippen molar-refractivity contribution in [1.82, 2.24) is 9.55 Å². The molecule has 4 heteroatoms. The second kappa shape index (κ2) is 4.66. The number of hydrogen-bond acceptors (Lipinski definition) is 2. The van der Waals surface area contributed by atoms with E-state index in [0.29, 0.717) is 5.92 Å². The number of aromatic nitrogens is 2. The number of fused-ring (bicyclic) bond motifs is 1. The second-order valence-corrected chi connectivity index (χ2v) is 4.88. The van der Waals surface area contributed by atoms with Crippen molar-refractivity contribution in [3.63, 3.8) is 0 Å². The van der Waals surface area contributed by atoms with Crippen molar-refractivity contribution in [3.05, 3.63) is 16.1 Å². The minimum absolute atomic E-state index is 0.570. The zero-order valence-electron chi connectivity index (χ0n) is 9.17. The largest absolute Gasteiger partial charge is 0.330 e. The molecule has 0 spiro atoms. The van der Waals surface area contributed by atoms with E-state index in [4.69, 9.17) is 10.7 Å². The van der Waals surface area contributed by atoms with Gasteiger partial charge in [-0.05, 0) is 48.2 Å². The van der Waals surface area contributed by atoms with Gasteiger partial charge in [-0.15, -0.1) is 0 Å². The number of imidazole rings is 1. The Morgan fingerprint density at radius 2 is 2.40 bits per heavy atom. The first kappa shape index (κ1) is 11.1. The highest BCUT2D eigenvalue weighted by Gasteiger charge is 2.24. The second-order valence-electron chi connectivity index (χ2n) is 4.13. The first-order chi connectivity index (χ1) is 7.27. The predicted molar refractivity (Wildman–Crippen MR) is 65.0 cm³/mol. The Morgan fingerprint density at radius 3 is 3.07 bits per heavy atom. The Kier molecular flexibility index (Phi) is 3.46. The lowest BCUT2D eigenvalue weighted by Gasteiger charge is -2.23. The van der Waals surface area contributed by atoms with Crippen LogP contribution in [0.1, 0.15) is 43.6 Å². The van der Waals surface area contributed by atoms with Gasteiger partial charge in [0.05, 0.1) is 5.69 Å². The summed E-state index contributed by atoms with van der Waals surface area (Å²) in [5.41, 5.74) is 6.83. The molecule has 1 aliphatic rings. The van der Waals surface area contributed by atoms with Crippen molar-refractivity contribution in [1.29, 1.82) is 0 Å². The van der Waals surface area contributed by atoms with Gasteiger partial charge in [0.15, 0.2) is 0 Å². The molecule has 0 saturated heterocycles. The van der Waals surface area contributed by atoms with Crippen LogP contribution in [0.5, 0.6) is 0 Å². The van der Waals surface area contributed by atoms with E-state index >= 15 is 0 Å². The average molecular weight is 272 g/mol. The van der Waals surface area contributed by atoms with E-state index in [2.05, 4.69) is 27.4 Å². The molecule has 1 aliphatic heterocycles. The highest BCUT2D eigenvalue weighted by molar-refractivity contribution is 9.10. The summed E-state index contributed by atoms with van der Waals surface area (Å²) < 4.78 is 3.50. The molecule has 0 bridgehead atoms. The molecule has 3 nitrogen and oxygen atoms in total. The summed E-state index contributed by atoms with van der Waals surface area (Å²) in [6.45, 7) is 4.01. The van der Waals surface area contributed by atoms with Gasteiger partial charge in [0.25, 0.3) is 0 Å². The zero-order chi connectivity index (χ0) is 10.8. The molecule has 0 aromatic carbocycles. The maximum absolute atomic E-state index is 5.65. The van der Waals surface area contributed by atoms with Gasteiger partial charge in [0.2, 0.25) is 0 Å². The normalized spacial score (nSPS) is 20.3. The maximum Gasteiger partial charge on any atom is 0.113 e. The summed E-state index contributed by atoms with van der Waals surface area (Å²) in [7, 11) is 0. The highest BCUT2D eigenvalue weighted by Crippen LogP contribution is 2.33. The molecule has 1 aromatic rings. The number of rotatable bonds is 3. The summed E-state index contributed by atoms with van der Waals surface area (Å²) in [6.07, 6.45) is 4.54. The minimum atomic E-state index is 0.570. The van der Waals surface area contributed by atoms with E-state index in [1.54, 1.807) is 0 Å². The lowest BCUT2D eigenvalue weighted by molar-refractivity contribution is 0.424. The predicted octanol–water partition coefficient (Wildman–Crippen LogP) is 2.43. The number of aryl methyl sites for hydroxylation is 1. The molecule has 0 radical (unpaired) electrons. The third-order valence-electron chi connectivity index (χ3n) is 3.15. The standard InChI is InChI=1S/C11H18BrN3/c1-2-9-10(12)15-7-3-4-8(5-6-13)11(15)14-9/h8H,2-7,13H2,1H3. The van der Waals surface area contributed by atoms with Gasteiger partial charge in [0.1, 0.15) is 10.4 Å². The average Bonchev–Trinajstić information content (AvgIpc) is 2.58. The van der Waals surface area contributed by atoms with Crippen molar-refractivity contribution in [2.24, 2.45) is 5.73 Å². The lowest BCUT2D eigenvalue weighted by atomic mass is 9.96. The van der Waals surface area contributed by atoms with Crippen molar-refractivity contribution in [3.8, 4) is 0 Å². The van der Waals surface area contributed by atoms with E-state index in [-0.39, 0.29) is 0 Å². The Labute approximate surface area is 99.2 Å². The van der Waals surface area contributed by atoms with Crippen LogP contribution >= 0.6 is 15.9 Å². The van der Waals surface area contributed by atoms with Gasteiger partial charge in [-0.2, -0.15) is 0 Å². The molecule has 1 atom stereocenters. The van der Waals surface area contributed by atoms with Crippen LogP contribution in [0.3, 0.4) is 0 Å². The van der Waals surface area contributed by atoms with Crippen LogP contribution in [0.15, 0.2) is 4.60 Å². The van der Waals surface area contributed by atoms with Crippen LogP contribution in [-0.4, -0.2) is 16.1 Å². The molecular weight excluding hydrogens is 254 g/mol. The van der Waals surface area contributed by atoms with Gasteiger partial charge in [-0.3, -0.25) is 0 Å². The van der Waals surface area contributed by atoms with Gasteiger partial charge in [-0.25, -0.2) is 4.98 Å². The Morgan fingerprint density at radius 1 is 1.60 bits per heavy atom. The topological polar surface area (TPSA) is 43.8 Å². The van der Waals surface area contributed by atoms with Gasteiger partial charge in [-0.1, -0.05) is 6.92 Å². The first-order valence-corrected chi connectivity index (χ1v) is 6.52. The fraction of sp³-hybridized carbons (Fsp3) is 0.727. The molecule has 84 valence electrons. The molecule has 0 aliphatic carbocycles. The lowest BCUT2D eigenvalue weighted by Crippen LogP contribution is -2.18. The molecule has 1 unspecified atom stereocenters. The zero-order valence-corrected chi connectivity index (χ0v) is 10.8. The first-order valence-electron chi connectivity index (χ1n) is 5.72. The van der Waals surface area contributed by atoms with E-state index in [1.807, 2.05) is 0 Å². The summed E-state index contributed by atoms with van der Waals surface area (Å²) in [5.74, 6) is 1.82. The summed E-state index contributed by atoms with van der Waals surface area (Å²) in [4.78, 5) is 4.73. The van der Waals surface area contributed by atoms with Crippen LogP contribution in [0.25, 0.3) is 0 Å². The molecule has 2 rings (SSSR count). The quantitative estimate of drug-likeness (QED) is 0.918. The Bertz CT molecular complexity index is 346. The van der Waals surface area contributed by atoms with Crippen molar-refractivity contribution < 1.29 is 0 Å². The molecule has 0 fully saturated rings. The van der Waals surface area contributed by atoms with Crippen molar-refractivity contribution in [2.75, 3.05) is 6.54 Å². The van der Waals surface area contributed by atoms with Gasteiger partial charge >= 0.3 is 0 Å². The minimum Gasteiger partial charge on any atom is -0.330 e. The Hall–Kier alpha value is -0.350. The molecule has 2 N–H and O–H groups in total. The van der Waals surface area contributed by atoms with Crippen LogP contribution in [0, 0.1) is 0 Å². The molecule has 0 saturated carbocycles. The van der Waals surface area contributed by atoms with E-state index in [9.17, 15) is 0 Å². The third kappa shape index (κ3) is 1.97. The fourth-order valence-electron chi connectivity index (χ4n) is 2.35. The van der Waals surface area contributed by atoms with E-state index < -0.39 is 0 Å². The smallest absolute Gasteiger partial charge is 0.113 e. The molecule has 2 heterocycles. The van der Waals surface area contributed by atoms with Crippen LogP contribution in [0.2, 0.25) is 0 Å². The molecule has 0 amide bonds. The van der Waals surface area contributed by atoms with Crippen molar-refractivity contribution in [2.45, 2.75) is 45.1 Å². The highest BCUT2D eigenvalue weighted by atomic mass is 79.9.